The van der Waals surface area contributed by atoms with Crippen molar-refractivity contribution < 1.29 is 44.2 Å². The lowest BCUT2D eigenvalue weighted by atomic mass is 9.80. The Hall–Kier alpha value is -3.19. The predicted molar refractivity (Wildman–Crippen MR) is 140 cm³/mol. The van der Waals surface area contributed by atoms with Gasteiger partial charge in [0.05, 0.1) is 30.9 Å². The number of carbonyl (C=O) groups excluding carboxylic acids is 1. The molecule has 5 rings (SSSR count). The number of ether oxygens (including phenoxy) is 4. The van der Waals surface area contributed by atoms with E-state index in [0.717, 1.165) is 27.2 Å². The van der Waals surface area contributed by atoms with Gasteiger partial charge in [0, 0.05) is 47.2 Å². The quantitative estimate of drug-likeness (QED) is 0.218. The molecule has 3 aliphatic rings. The molecule has 5 N–H and O–H groups in total. The zero-order chi connectivity index (χ0) is 27.8. The molecule has 0 bridgehead atoms. The van der Waals surface area contributed by atoms with Gasteiger partial charge in [-0.25, -0.2) is 4.79 Å². The number of para-hydroxylation sites is 1. The van der Waals surface area contributed by atoms with Crippen LogP contribution in [-0.4, -0.2) is 101 Å². The first-order chi connectivity index (χ1) is 18.8. The summed E-state index contributed by atoms with van der Waals surface area (Å²) in [6, 6.07) is 8.05. The molecular weight excluding hydrogens is 508 g/mol. The van der Waals surface area contributed by atoms with Gasteiger partial charge in [0.25, 0.3) is 0 Å². The first-order valence-electron chi connectivity index (χ1n) is 12.8. The molecule has 8 atom stereocenters. The number of nitrogens with one attached hydrogen (secondary N) is 1. The molecule has 1 saturated heterocycles. The van der Waals surface area contributed by atoms with Crippen molar-refractivity contribution in [2.45, 2.75) is 43.4 Å². The van der Waals surface area contributed by atoms with Crippen molar-refractivity contribution in [2.75, 3.05) is 27.3 Å². The second-order valence-electron chi connectivity index (χ2n) is 10.0. The lowest BCUT2D eigenvalue weighted by Gasteiger charge is -2.43. The molecule has 1 fully saturated rings. The normalized spacial score (nSPS) is 32.6. The average Bonchev–Trinajstić information content (AvgIpc) is 3.33. The second-order valence-corrected chi connectivity index (χ2v) is 10.0. The molecule has 0 aliphatic carbocycles. The summed E-state index contributed by atoms with van der Waals surface area (Å²) in [6.45, 7) is 4.04. The number of fused-ring (bicyclic) bond motifs is 3. The Morgan fingerprint density at radius 3 is 2.69 bits per heavy atom. The maximum Gasteiger partial charge on any atom is 0.337 e. The molecule has 1 aromatic carbocycles. The molecule has 0 spiro atoms. The van der Waals surface area contributed by atoms with Gasteiger partial charge in [0.15, 0.2) is 6.29 Å². The summed E-state index contributed by atoms with van der Waals surface area (Å²) in [4.78, 5) is 18.4. The van der Waals surface area contributed by atoms with Crippen molar-refractivity contribution in [1.82, 2.24) is 9.88 Å². The maximum absolute atomic E-state index is 12.8. The van der Waals surface area contributed by atoms with E-state index in [0.29, 0.717) is 18.5 Å². The van der Waals surface area contributed by atoms with Crippen LogP contribution in [0.15, 0.2) is 48.8 Å². The fourth-order valence-corrected chi connectivity index (χ4v) is 5.59. The number of esters is 1. The van der Waals surface area contributed by atoms with E-state index in [1.165, 1.54) is 13.4 Å². The van der Waals surface area contributed by atoms with Crippen LogP contribution in [0, 0.1) is 11.8 Å². The van der Waals surface area contributed by atoms with E-state index < -0.39 is 61.4 Å². The highest BCUT2D eigenvalue weighted by molar-refractivity contribution is 5.89. The van der Waals surface area contributed by atoms with Crippen LogP contribution in [0.5, 0.6) is 0 Å². The number of carbonyl (C=O) groups is 1. The number of rotatable bonds is 7. The SMILES string of the molecule is C=CC1C(OC2OC(CO)C(O)C(O)C2O)OC=C(C(=O)OC)C1CC1=c2[nH]c3ccccc3c2=CCN1C. The number of methoxy groups -OCH3 is 1. The van der Waals surface area contributed by atoms with E-state index in [2.05, 4.69) is 28.6 Å². The van der Waals surface area contributed by atoms with Gasteiger partial charge < -0.3 is 49.3 Å². The summed E-state index contributed by atoms with van der Waals surface area (Å²) in [5.74, 6) is -1.65. The molecule has 2 aromatic rings. The zero-order valence-corrected chi connectivity index (χ0v) is 21.8. The Balaban J connectivity index is 1.51. The molecule has 11 nitrogen and oxygen atoms in total. The number of aliphatic hydroxyl groups excluding tert-OH is 4. The zero-order valence-electron chi connectivity index (χ0n) is 21.8. The van der Waals surface area contributed by atoms with Gasteiger partial charge in [0.2, 0.25) is 6.29 Å². The molecule has 11 heteroatoms. The van der Waals surface area contributed by atoms with Crippen LogP contribution >= 0.6 is 0 Å². The Morgan fingerprint density at radius 1 is 1.21 bits per heavy atom. The predicted octanol–water partition coefficient (Wildman–Crippen LogP) is -0.960. The van der Waals surface area contributed by atoms with Gasteiger partial charge >= 0.3 is 5.97 Å². The monoisotopic (exact) mass is 542 g/mol. The lowest BCUT2D eigenvalue weighted by molar-refractivity contribution is -0.339. The van der Waals surface area contributed by atoms with Gasteiger partial charge in [-0.05, 0) is 12.5 Å². The van der Waals surface area contributed by atoms with Crippen molar-refractivity contribution in [3.05, 3.63) is 59.3 Å². The Labute approximate surface area is 224 Å². The van der Waals surface area contributed by atoms with E-state index in [9.17, 15) is 25.2 Å². The molecule has 0 amide bonds. The van der Waals surface area contributed by atoms with Crippen LogP contribution in [0.1, 0.15) is 6.42 Å². The molecule has 4 heterocycles. The van der Waals surface area contributed by atoms with Crippen LogP contribution in [0.25, 0.3) is 22.7 Å². The number of benzene rings is 1. The van der Waals surface area contributed by atoms with E-state index in [1.54, 1.807) is 6.08 Å². The topological polar surface area (TPSA) is 154 Å². The number of hydrogen-bond donors (Lipinski definition) is 5. The van der Waals surface area contributed by atoms with Gasteiger partial charge in [-0.1, -0.05) is 30.4 Å². The van der Waals surface area contributed by atoms with Crippen LogP contribution in [0.2, 0.25) is 0 Å². The van der Waals surface area contributed by atoms with E-state index in [-0.39, 0.29) is 0 Å². The third-order valence-corrected chi connectivity index (χ3v) is 7.80. The molecule has 39 heavy (non-hydrogen) atoms. The molecular formula is C28H34N2O9. The Bertz CT molecular complexity index is 1380. The molecule has 3 aliphatic heterocycles. The second kappa shape index (κ2) is 11.1. The van der Waals surface area contributed by atoms with Crippen molar-refractivity contribution in [3.8, 4) is 0 Å². The Kier molecular flexibility index (Phi) is 7.81. The van der Waals surface area contributed by atoms with Crippen molar-refractivity contribution in [1.29, 1.82) is 0 Å². The van der Waals surface area contributed by atoms with Crippen molar-refractivity contribution in [2.24, 2.45) is 11.8 Å². The molecule has 1 aromatic heterocycles. The average molecular weight is 543 g/mol. The molecule has 0 saturated carbocycles. The van der Waals surface area contributed by atoms with Crippen molar-refractivity contribution >= 4 is 28.6 Å². The molecule has 210 valence electrons. The summed E-state index contributed by atoms with van der Waals surface area (Å²) in [5, 5.41) is 43.5. The van der Waals surface area contributed by atoms with Crippen LogP contribution in [0.4, 0.5) is 0 Å². The highest BCUT2D eigenvalue weighted by atomic mass is 16.8. The minimum Gasteiger partial charge on any atom is -0.471 e. The van der Waals surface area contributed by atoms with E-state index in [1.807, 2.05) is 25.2 Å². The summed E-state index contributed by atoms with van der Waals surface area (Å²) >= 11 is 0. The number of nitrogens with zero attached hydrogens (tertiary/aromatic N) is 1. The highest BCUT2D eigenvalue weighted by Gasteiger charge is 2.47. The van der Waals surface area contributed by atoms with E-state index >= 15 is 0 Å². The smallest absolute Gasteiger partial charge is 0.337 e. The Morgan fingerprint density at radius 2 is 1.97 bits per heavy atom. The summed E-state index contributed by atoms with van der Waals surface area (Å²) in [7, 11) is 3.27. The first-order valence-corrected chi connectivity index (χ1v) is 12.8. The van der Waals surface area contributed by atoms with Crippen molar-refractivity contribution in [3.63, 3.8) is 0 Å². The first kappa shape index (κ1) is 27.4. The third-order valence-electron chi connectivity index (χ3n) is 7.80. The summed E-state index contributed by atoms with van der Waals surface area (Å²) in [6.07, 6.45) is -2.90. The largest absolute Gasteiger partial charge is 0.471 e. The number of hydrogen-bond acceptors (Lipinski definition) is 10. The number of H-pyrrole nitrogens is 1. The minimum atomic E-state index is -1.61. The standard InChI is InChI=1S/C28H34N2O9/c1-4-14-17(11-20-22-16(9-10-30(20)2)15-7-5-6-8-19(15)29-22)18(26(35)36-3)13-37-27(14)39-28-25(34)24(33)23(32)21(12-31)38-28/h4-9,13-14,17,21,23-25,27-29,31-34H,1,10-12H2,2-3H3. The fraction of sp³-hybridized carbons (Fsp3) is 0.464. The maximum atomic E-state index is 12.8. The van der Waals surface area contributed by atoms with Crippen LogP contribution in [0.3, 0.4) is 0 Å². The molecule has 8 unspecified atom stereocenters. The van der Waals surface area contributed by atoms with Gasteiger partial charge in [0.1, 0.15) is 24.4 Å². The molecule has 0 radical (unpaired) electrons. The van der Waals surface area contributed by atoms with Gasteiger partial charge in [-0.3, -0.25) is 0 Å². The number of aromatic nitrogens is 1. The van der Waals surface area contributed by atoms with Gasteiger partial charge in [-0.15, -0.1) is 6.58 Å². The van der Waals surface area contributed by atoms with E-state index in [4.69, 9.17) is 18.9 Å². The fourth-order valence-electron chi connectivity index (χ4n) is 5.59. The van der Waals surface area contributed by atoms with Crippen LogP contribution in [-0.2, 0) is 23.7 Å². The van der Waals surface area contributed by atoms with Crippen LogP contribution < -0.4 is 10.6 Å². The lowest BCUT2D eigenvalue weighted by Crippen LogP contribution is -2.60. The van der Waals surface area contributed by atoms with Gasteiger partial charge in [-0.2, -0.15) is 0 Å². The summed E-state index contributed by atoms with van der Waals surface area (Å²) < 4.78 is 22.3. The highest BCUT2D eigenvalue weighted by Crippen LogP contribution is 2.39. The summed E-state index contributed by atoms with van der Waals surface area (Å²) in [5.41, 5.74) is 2.28. The number of aromatic amines is 1. The third kappa shape index (κ3) is 4.86. The minimum absolute atomic E-state index is 0.296. The number of aliphatic hydroxyl groups is 4.